The Morgan fingerprint density at radius 1 is 1.20 bits per heavy atom. The minimum atomic E-state index is -0.0603. The molecule has 1 aliphatic heterocycles. The summed E-state index contributed by atoms with van der Waals surface area (Å²) in [4.78, 5) is 19.0. The van der Waals surface area contributed by atoms with Crippen molar-refractivity contribution in [3.05, 3.63) is 29.8 Å². The van der Waals surface area contributed by atoms with Crippen LogP contribution in [-0.2, 0) is 16.0 Å². The summed E-state index contributed by atoms with van der Waals surface area (Å²) in [7, 11) is 0. The van der Waals surface area contributed by atoms with E-state index in [1.807, 2.05) is 19.1 Å². The van der Waals surface area contributed by atoms with Gasteiger partial charge in [-0.25, -0.2) is 0 Å². The summed E-state index contributed by atoms with van der Waals surface area (Å²) in [5, 5.41) is 3.38. The number of carbonyl (C=O) groups excluding carboxylic acids is 1. The van der Waals surface area contributed by atoms with Crippen molar-refractivity contribution in [1.29, 1.82) is 0 Å². The van der Waals surface area contributed by atoms with Crippen LogP contribution in [0.15, 0.2) is 29.3 Å². The van der Waals surface area contributed by atoms with E-state index in [-0.39, 0.29) is 35.9 Å². The fourth-order valence-electron chi connectivity index (χ4n) is 3.32. The zero-order chi connectivity index (χ0) is 21.1. The Morgan fingerprint density at radius 2 is 1.87 bits per heavy atom. The second-order valence-corrected chi connectivity index (χ2v) is 7.85. The average molecular weight is 531 g/mol. The Balaban J connectivity index is 0.00000450. The van der Waals surface area contributed by atoms with Crippen LogP contribution in [-0.4, -0.2) is 56.2 Å². The molecule has 30 heavy (non-hydrogen) atoms. The van der Waals surface area contributed by atoms with Gasteiger partial charge in [-0.1, -0.05) is 26.0 Å². The monoisotopic (exact) mass is 531 g/mol. The fraction of sp³-hybridized carbons (Fsp3) is 0.652. The highest BCUT2D eigenvalue weighted by molar-refractivity contribution is 14.0. The molecule has 1 aliphatic rings. The molecule has 1 saturated heterocycles. The van der Waals surface area contributed by atoms with Gasteiger partial charge in [0.25, 0.3) is 0 Å². The van der Waals surface area contributed by atoms with Crippen LogP contribution in [0, 0.1) is 11.8 Å². The number of hydrogen-bond donors (Lipinski definition) is 1. The lowest BCUT2D eigenvalue weighted by Crippen LogP contribution is -2.46. The van der Waals surface area contributed by atoms with Crippen LogP contribution < -0.4 is 10.1 Å². The molecule has 1 heterocycles. The SMILES string of the molecule is CCNC(=NCCc1ccc(OCC(C)C)cc1)N1CCC(C(=O)OCC)CC1.I. The van der Waals surface area contributed by atoms with E-state index in [9.17, 15) is 4.79 Å². The van der Waals surface area contributed by atoms with Gasteiger partial charge in [0, 0.05) is 26.2 Å². The summed E-state index contributed by atoms with van der Waals surface area (Å²) < 4.78 is 10.9. The first kappa shape index (κ1) is 26.5. The number of ether oxygens (including phenoxy) is 2. The zero-order valence-corrected chi connectivity index (χ0v) is 21.2. The fourth-order valence-corrected chi connectivity index (χ4v) is 3.32. The third kappa shape index (κ3) is 9.10. The van der Waals surface area contributed by atoms with Crippen molar-refractivity contribution in [3.63, 3.8) is 0 Å². The van der Waals surface area contributed by atoms with E-state index in [1.54, 1.807) is 0 Å². The molecule has 1 aromatic carbocycles. The summed E-state index contributed by atoms with van der Waals surface area (Å²) in [6, 6.07) is 8.30. The van der Waals surface area contributed by atoms with Gasteiger partial charge in [-0.2, -0.15) is 0 Å². The Kier molecular flexibility index (Phi) is 12.8. The second kappa shape index (κ2) is 14.5. The van der Waals surface area contributed by atoms with Gasteiger partial charge in [-0.15, -0.1) is 24.0 Å². The predicted molar refractivity (Wildman–Crippen MR) is 133 cm³/mol. The van der Waals surface area contributed by atoms with E-state index in [4.69, 9.17) is 14.5 Å². The lowest BCUT2D eigenvalue weighted by Gasteiger charge is -2.33. The summed E-state index contributed by atoms with van der Waals surface area (Å²) >= 11 is 0. The number of halogens is 1. The summed E-state index contributed by atoms with van der Waals surface area (Å²) in [6.07, 6.45) is 2.53. The lowest BCUT2D eigenvalue weighted by molar-refractivity contribution is -0.149. The first-order chi connectivity index (χ1) is 14.0. The number of likely N-dealkylation sites (tertiary alicyclic amines) is 1. The Morgan fingerprint density at radius 3 is 2.43 bits per heavy atom. The molecule has 170 valence electrons. The summed E-state index contributed by atoms with van der Waals surface area (Å²) in [5.41, 5.74) is 1.25. The molecule has 0 amide bonds. The lowest BCUT2D eigenvalue weighted by atomic mass is 9.97. The van der Waals surface area contributed by atoms with Crippen molar-refractivity contribution < 1.29 is 14.3 Å². The highest BCUT2D eigenvalue weighted by Crippen LogP contribution is 2.19. The van der Waals surface area contributed by atoms with Crippen molar-refractivity contribution >= 4 is 35.9 Å². The molecular weight excluding hydrogens is 493 g/mol. The van der Waals surface area contributed by atoms with E-state index >= 15 is 0 Å². The quantitative estimate of drug-likeness (QED) is 0.225. The average Bonchev–Trinajstić information content (AvgIpc) is 2.73. The van der Waals surface area contributed by atoms with Crippen LogP contribution in [0.1, 0.15) is 46.1 Å². The minimum absolute atomic E-state index is 0. The first-order valence-corrected chi connectivity index (χ1v) is 10.9. The van der Waals surface area contributed by atoms with Crippen LogP contribution in [0.2, 0.25) is 0 Å². The van der Waals surface area contributed by atoms with Gasteiger partial charge in [0.05, 0.1) is 19.1 Å². The number of nitrogens with one attached hydrogen (secondary N) is 1. The Hall–Kier alpha value is -1.51. The van der Waals surface area contributed by atoms with Crippen molar-refractivity contribution in [2.75, 3.05) is 39.4 Å². The largest absolute Gasteiger partial charge is 0.493 e. The molecular formula is C23H38IN3O3. The van der Waals surface area contributed by atoms with Crippen LogP contribution in [0.5, 0.6) is 5.75 Å². The topological polar surface area (TPSA) is 63.2 Å². The van der Waals surface area contributed by atoms with Crippen LogP contribution in [0.25, 0.3) is 0 Å². The minimum Gasteiger partial charge on any atom is -0.493 e. The van der Waals surface area contributed by atoms with E-state index < -0.39 is 0 Å². The summed E-state index contributed by atoms with van der Waals surface area (Å²) in [5.74, 6) is 2.34. The predicted octanol–water partition coefficient (Wildman–Crippen LogP) is 4.12. The molecule has 0 spiro atoms. The highest BCUT2D eigenvalue weighted by atomic mass is 127. The first-order valence-electron chi connectivity index (χ1n) is 10.9. The maximum Gasteiger partial charge on any atom is 0.309 e. The molecule has 2 rings (SSSR count). The van der Waals surface area contributed by atoms with Gasteiger partial charge in [0.15, 0.2) is 5.96 Å². The number of rotatable bonds is 9. The van der Waals surface area contributed by atoms with Gasteiger partial charge in [-0.05, 0) is 56.7 Å². The van der Waals surface area contributed by atoms with Crippen molar-refractivity contribution in [2.45, 2.75) is 47.0 Å². The maximum absolute atomic E-state index is 11.9. The van der Waals surface area contributed by atoms with Crippen molar-refractivity contribution in [2.24, 2.45) is 16.8 Å². The van der Waals surface area contributed by atoms with Crippen LogP contribution >= 0.6 is 24.0 Å². The maximum atomic E-state index is 11.9. The Labute approximate surface area is 198 Å². The van der Waals surface area contributed by atoms with E-state index in [0.29, 0.717) is 12.5 Å². The Bertz CT molecular complexity index is 642. The molecule has 0 atom stereocenters. The van der Waals surface area contributed by atoms with Crippen molar-refractivity contribution in [1.82, 2.24) is 10.2 Å². The molecule has 6 nitrogen and oxygen atoms in total. The third-order valence-electron chi connectivity index (χ3n) is 4.92. The van der Waals surface area contributed by atoms with Gasteiger partial charge in [-0.3, -0.25) is 9.79 Å². The molecule has 0 aliphatic carbocycles. The van der Waals surface area contributed by atoms with Gasteiger partial charge < -0.3 is 19.7 Å². The second-order valence-electron chi connectivity index (χ2n) is 7.85. The number of carbonyl (C=O) groups is 1. The highest BCUT2D eigenvalue weighted by Gasteiger charge is 2.27. The number of guanidine groups is 1. The number of aliphatic imine (C=N–C) groups is 1. The standard InChI is InChI=1S/C23H37N3O3.HI/c1-5-24-23(26-15-12-20(13-16-26)22(27)28-6-2)25-14-11-19-7-9-21(10-8-19)29-17-18(3)4;/h7-10,18,20H,5-6,11-17H2,1-4H3,(H,24,25);1H. The molecule has 0 saturated carbocycles. The van der Waals surface area contributed by atoms with E-state index in [1.165, 1.54) is 5.56 Å². The number of piperidine rings is 1. The molecule has 0 radical (unpaired) electrons. The molecule has 0 unspecified atom stereocenters. The number of nitrogens with zero attached hydrogens (tertiary/aromatic N) is 2. The molecule has 7 heteroatoms. The number of benzene rings is 1. The molecule has 0 bridgehead atoms. The normalized spacial score (nSPS) is 15.0. The van der Waals surface area contributed by atoms with E-state index in [0.717, 1.165) is 63.8 Å². The van der Waals surface area contributed by atoms with Gasteiger partial charge in [0.1, 0.15) is 5.75 Å². The molecule has 1 aromatic rings. The van der Waals surface area contributed by atoms with Gasteiger partial charge in [0.2, 0.25) is 0 Å². The third-order valence-corrected chi connectivity index (χ3v) is 4.92. The van der Waals surface area contributed by atoms with Crippen LogP contribution in [0.4, 0.5) is 0 Å². The molecule has 1 N–H and O–H groups in total. The molecule has 0 aromatic heterocycles. The summed E-state index contributed by atoms with van der Waals surface area (Å²) in [6.45, 7) is 12.6. The van der Waals surface area contributed by atoms with Crippen LogP contribution in [0.3, 0.4) is 0 Å². The number of esters is 1. The van der Waals surface area contributed by atoms with E-state index in [2.05, 4.69) is 43.1 Å². The zero-order valence-electron chi connectivity index (χ0n) is 18.9. The number of hydrogen-bond acceptors (Lipinski definition) is 4. The molecule has 1 fully saturated rings. The smallest absolute Gasteiger partial charge is 0.309 e. The van der Waals surface area contributed by atoms with Gasteiger partial charge >= 0.3 is 5.97 Å². The van der Waals surface area contributed by atoms with Crippen molar-refractivity contribution in [3.8, 4) is 5.75 Å².